The maximum absolute atomic E-state index is 11.1. The highest BCUT2D eigenvalue weighted by atomic mass is 35.5. The number of aromatic nitrogens is 1. The summed E-state index contributed by atoms with van der Waals surface area (Å²) in [5.41, 5.74) is 3.00. The van der Waals surface area contributed by atoms with Crippen LogP contribution in [0.4, 0.5) is 5.69 Å². The van der Waals surface area contributed by atoms with Crippen LogP contribution in [0.25, 0.3) is 0 Å². The minimum Gasteiger partial charge on any atom is -0.433 e. The van der Waals surface area contributed by atoms with E-state index < -0.39 is 4.92 Å². The Balaban J connectivity index is 2.07. The summed E-state index contributed by atoms with van der Waals surface area (Å²) < 4.78 is 5.83. The zero-order valence-electron chi connectivity index (χ0n) is 12.3. The van der Waals surface area contributed by atoms with E-state index in [1.54, 1.807) is 0 Å². The third-order valence-electron chi connectivity index (χ3n) is 3.67. The van der Waals surface area contributed by atoms with Crippen molar-refractivity contribution < 1.29 is 9.66 Å². The van der Waals surface area contributed by atoms with Gasteiger partial charge in [-0.15, -0.1) is 0 Å². The molecule has 114 valence electrons. The zero-order chi connectivity index (χ0) is 15.9. The second-order valence-corrected chi connectivity index (χ2v) is 5.98. The third kappa shape index (κ3) is 2.90. The number of nitrogens with zero attached hydrogens (tertiary/aromatic N) is 2. The van der Waals surface area contributed by atoms with Crippen LogP contribution in [0.3, 0.4) is 0 Å². The molecular weight excluding hydrogens is 304 g/mol. The molecule has 1 aromatic heterocycles. The summed E-state index contributed by atoms with van der Waals surface area (Å²) in [7, 11) is 0. The first-order valence-electron chi connectivity index (χ1n) is 7.05. The van der Waals surface area contributed by atoms with E-state index in [0.29, 0.717) is 11.7 Å². The van der Waals surface area contributed by atoms with Crippen LogP contribution in [0, 0.1) is 24.0 Å². The lowest BCUT2D eigenvalue weighted by atomic mass is 10.0. The van der Waals surface area contributed by atoms with Gasteiger partial charge in [0.05, 0.1) is 4.92 Å². The van der Waals surface area contributed by atoms with E-state index >= 15 is 0 Å². The molecule has 2 aromatic rings. The third-order valence-corrected chi connectivity index (χ3v) is 3.88. The Kier molecular flexibility index (Phi) is 3.74. The smallest absolute Gasteiger partial charge is 0.331 e. The summed E-state index contributed by atoms with van der Waals surface area (Å²) in [5, 5.41) is 11.3. The number of ether oxygens (including phenoxy) is 1. The summed E-state index contributed by atoms with van der Waals surface area (Å²) >= 11 is 5.85. The molecule has 0 atom stereocenters. The van der Waals surface area contributed by atoms with Gasteiger partial charge in [0.2, 0.25) is 0 Å². The Morgan fingerprint density at radius 2 is 2.05 bits per heavy atom. The van der Waals surface area contributed by atoms with Crippen molar-refractivity contribution in [3.05, 3.63) is 56.2 Å². The number of hydrogen-bond acceptors (Lipinski definition) is 4. The largest absolute Gasteiger partial charge is 0.433 e. The van der Waals surface area contributed by atoms with Gasteiger partial charge in [0.1, 0.15) is 10.9 Å². The number of nitro groups is 1. The molecule has 0 radical (unpaired) electrons. The van der Waals surface area contributed by atoms with Crippen LogP contribution in [0.15, 0.2) is 24.3 Å². The topological polar surface area (TPSA) is 65.3 Å². The van der Waals surface area contributed by atoms with Crippen molar-refractivity contribution in [3.8, 4) is 11.6 Å². The van der Waals surface area contributed by atoms with E-state index in [4.69, 9.17) is 16.3 Å². The van der Waals surface area contributed by atoms with Crippen LogP contribution in [-0.2, 0) is 0 Å². The van der Waals surface area contributed by atoms with Crippen LogP contribution in [-0.4, -0.2) is 9.91 Å². The van der Waals surface area contributed by atoms with Gasteiger partial charge in [0.25, 0.3) is 0 Å². The molecular formula is C16H15ClN2O3. The molecule has 0 unspecified atom stereocenters. The fraction of sp³-hybridized carbons (Fsp3) is 0.312. The lowest BCUT2D eigenvalue weighted by Crippen LogP contribution is -2.00. The minimum atomic E-state index is -0.515. The van der Waals surface area contributed by atoms with Crippen LogP contribution in [0.2, 0.25) is 5.15 Å². The quantitative estimate of drug-likeness (QED) is 0.455. The number of rotatable bonds is 4. The summed E-state index contributed by atoms with van der Waals surface area (Å²) in [4.78, 5) is 14.6. The Hall–Kier alpha value is -2.14. The van der Waals surface area contributed by atoms with Crippen LogP contribution < -0.4 is 4.74 Å². The Morgan fingerprint density at radius 1 is 1.32 bits per heavy atom. The number of aryl methyl sites for hydroxylation is 2. The van der Waals surface area contributed by atoms with Gasteiger partial charge in [0.15, 0.2) is 0 Å². The van der Waals surface area contributed by atoms with Crippen molar-refractivity contribution in [2.24, 2.45) is 0 Å². The molecule has 1 fully saturated rings. The van der Waals surface area contributed by atoms with Crippen LogP contribution >= 0.6 is 11.6 Å². The maximum Gasteiger partial charge on any atom is 0.331 e. The molecule has 0 bridgehead atoms. The molecule has 22 heavy (non-hydrogen) atoms. The average molecular weight is 319 g/mol. The molecule has 5 nitrogen and oxygen atoms in total. The fourth-order valence-electron chi connectivity index (χ4n) is 2.55. The minimum absolute atomic E-state index is 0.0636. The van der Waals surface area contributed by atoms with Crippen molar-refractivity contribution in [2.45, 2.75) is 32.6 Å². The van der Waals surface area contributed by atoms with E-state index in [1.165, 1.54) is 12.1 Å². The first kappa shape index (κ1) is 14.8. The predicted molar refractivity (Wildman–Crippen MR) is 83.9 cm³/mol. The van der Waals surface area contributed by atoms with Gasteiger partial charge in [0, 0.05) is 6.07 Å². The highest BCUT2D eigenvalue weighted by Gasteiger charge is 2.29. The predicted octanol–water partition coefficient (Wildman–Crippen LogP) is 4.93. The van der Waals surface area contributed by atoms with Crippen molar-refractivity contribution in [2.75, 3.05) is 0 Å². The van der Waals surface area contributed by atoms with Crippen molar-refractivity contribution in [3.63, 3.8) is 0 Å². The lowest BCUT2D eigenvalue weighted by molar-refractivity contribution is -0.386. The van der Waals surface area contributed by atoms with E-state index in [1.807, 2.05) is 19.9 Å². The standard InChI is InChI=1S/C16H15ClN2O3/c1-9-7-10(2)15(12(8-9)11-3-4-11)22-16-13(19(20)21)5-6-14(17)18-16/h5-8,11H,3-4H2,1-2H3. The second-order valence-electron chi connectivity index (χ2n) is 5.59. The molecule has 0 saturated heterocycles. The van der Waals surface area contributed by atoms with E-state index in [2.05, 4.69) is 11.1 Å². The van der Waals surface area contributed by atoms with E-state index in [9.17, 15) is 10.1 Å². The number of halogens is 1. The summed E-state index contributed by atoms with van der Waals surface area (Å²) in [6.45, 7) is 3.97. The summed E-state index contributed by atoms with van der Waals surface area (Å²) in [5.74, 6) is 1.06. The molecule has 1 aliphatic carbocycles. The van der Waals surface area contributed by atoms with Crippen molar-refractivity contribution in [1.29, 1.82) is 0 Å². The van der Waals surface area contributed by atoms with Crippen molar-refractivity contribution in [1.82, 2.24) is 4.98 Å². The van der Waals surface area contributed by atoms with E-state index in [-0.39, 0.29) is 16.7 Å². The molecule has 6 heteroatoms. The molecule has 1 aromatic carbocycles. The molecule has 1 saturated carbocycles. The number of pyridine rings is 1. The summed E-state index contributed by atoms with van der Waals surface area (Å²) in [6.07, 6.45) is 2.23. The first-order chi connectivity index (χ1) is 10.5. The average Bonchev–Trinajstić information content (AvgIpc) is 3.25. The fourth-order valence-corrected chi connectivity index (χ4v) is 2.69. The van der Waals surface area contributed by atoms with Crippen molar-refractivity contribution >= 4 is 17.3 Å². The Labute approximate surface area is 133 Å². The van der Waals surface area contributed by atoms with E-state index in [0.717, 1.165) is 29.5 Å². The van der Waals surface area contributed by atoms with Gasteiger partial charge >= 0.3 is 11.6 Å². The SMILES string of the molecule is Cc1cc(C)c(Oc2nc(Cl)ccc2[N+](=O)[O-])c(C2CC2)c1. The van der Waals surface area contributed by atoms with Gasteiger partial charge in [-0.25, -0.2) is 0 Å². The number of hydrogen-bond donors (Lipinski definition) is 0. The summed E-state index contributed by atoms with van der Waals surface area (Å²) in [6, 6.07) is 6.77. The molecule has 0 amide bonds. The molecule has 3 rings (SSSR count). The molecule has 0 aliphatic heterocycles. The van der Waals surface area contributed by atoms with Gasteiger partial charge in [-0.05, 0) is 49.8 Å². The second kappa shape index (κ2) is 5.57. The number of benzene rings is 1. The molecule has 1 aliphatic rings. The van der Waals surface area contributed by atoms with Gasteiger partial charge in [-0.3, -0.25) is 10.1 Å². The molecule has 0 spiro atoms. The molecule has 1 heterocycles. The highest BCUT2D eigenvalue weighted by Crippen LogP contribution is 2.47. The highest BCUT2D eigenvalue weighted by molar-refractivity contribution is 6.29. The Bertz CT molecular complexity index is 757. The van der Waals surface area contributed by atoms with Gasteiger partial charge in [-0.2, -0.15) is 4.98 Å². The zero-order valence-corrected chi connectivity index (χ0v) is 13.1. The van der Waals surface area contributed by atoms with Gasteiger partial charge < -0.3 is 4.74 Å². The monoisotopic (exact) mass is 318 g/mol. The Morgan fingerprint density at radius 3 is 2.68 bits per heavy atom. The first-order valence-corrected chi connectivity index (χ1v) is 7.43. The maximum atomic E-state index is 11.1. The normalized spacial score (nSPS) is 14.0. The lowest BCUT2D eigenvalue weighted by Gasteiger charge is -2.14. The van der Waals surface area contributed by atoms with Crippen LogP contribution in [0.1, 0.15) is 35.4 Å². The molecule has 0 N–H and O–H groups in total. The van der Waals surface area contributed by atoms with Crippen LogP contribution in [0.5, 0.6) is 11.6 Å². The van der Waals surface area contributed by atoms with Gasteiger partial charge in [-0.1, -0.05) is 29.3 Å².